The summed E-state index contributed by atoms with van der Waals surface area (Å²) in [5.74, 6) is 0.957. The van der Waals surface area contributed by atoms with Crippen LogP contribution in [0.1, 0.15) is 58.1 Å². The molecule has 6 nitrogen and oxygen atoms in total. The van der Waals surface area contributed by atoms with Gasteiger partial charge < -0.3 is 20.1 Å². The van der Waals surface area contributed by atoms with Crippen LogP contribution in [0.15, 0.2) is 35.5 Å². The number of carbonyl (C=O) groups excluding carboxylic acids is 2. The molecule has 0 unspecified atom stereocenters. The first kappa shape index (κ1) is 19.3. The maximum Gasteiger partial charge on any atom is 0.338 e. The molecule has 27 heavy (non-hydrogen) atoms. The molecule has 1 fully saturated rings. The van der Waals surface area contributed by atoms with Crippen LogP contribution in [-0.2, 0) is 9.53 Å². The fourth-order valence-corrected chi connectivity index (χ4v) is 3.84. The number of amides is 2. The lowest BCUT2D eigenvalue weighted by Gasteiger charge is -2.31. The molecular formula is C21H28N2O4. The third kappa shape index (κ3) is 4.62. The number of benzene rings is 1. The first-order valence-electron chi connectivity index (χ1n) is 9.70. The van der Waals surface area contributed by atoms with Crippen molar-refractivity contribution < 1.29 is 19.1 Å². The molecule has 1 aliphatic carbocycles. The van der Waals surface area contributed by atoms with Crippen molar-refractivity contribution in [3.05, 3.63) is 41.1 Å². The molecule has 3 rings (SSSR count). The molecular weight excluding hydrogens is 344 g/mol. The van der Waals surface area contributed by atoms with Gasteiger partial charge in [0.1, 0.15) is 11.9 Å². The SMILES string of the molecule is CCOc1ccc([C@@H]2NC(=O)NC(C)=C2C(=O)O[C@H]2CCC[C@H](C)C2)cc1. The molecule has 2 N–H and O–H groups in total. The molecule has 1 saturated carbocycles. The monoisotopic (exact) mass is 372 g/mol. The number of carbonyl (C=O) groups is 2. The lowest BCUT2D eigenvalue weighted by molar-refractivity contribution is -0.146. The summed E-state index contributed by atoms with van der Waals surface area (Å²) in [4.78, 5) is 24.9. The van der Waals surface area contributed by atoms with Gasteiger partial charge in [-0.05, 0) is 56.7 Å². The summed E-state index contributed by atoms with van der Waals surface area (Å²) >= 11 is 0. The highest BCUT2D eigenvalue weighted by molar-refractivity contribution is 5.95. The molecule has 3 atom stereocenters. The van der Waals surface area contributed by atoms with E-state index in [4.69, 9.17) is 9.47 Å². The van der Waals surface area contributed by atoms with Gasteiger partial charge >= 0.3 is 12.0 Å². The van der Waals surface area contributed by atoms with Crippen molar-refractivity contribution in [2.75, 3.05) is 6.61 Å². The Labute approximate surface area is 160 Å². The van der Waals surface area contributed by atoms with Gasteiger partial charge in [0.05, 0.1) is 18.2 Å². The summed E-state index contributed by atoms with van der Waals surface area (Å²) in [6.45, 7) is 6.43. The average molecular weight is 372 g/mol. The van der Waals surface area contributed by atoms with Gasteiger partial charge in [0, 0.05) is 5.70 Å². The molecule has 1 aliphatic heterocycles. The van der Waals surface area contributed by atoms with Crippen molar-refractivity contribution in [1.82, 2.24) is 10.6 Å². The highest BCUT2D eigenvalue weighted by Crippen LogP contribution is 2.31. The van der Waals surface area contributed by atoms with Crippen LogP contribution >= 0.6 is 0 Å². The predicted molar refractivity (Wildman–Crippen MR) is 102 cm³/mol. The lowest BCUT2D eigenvalue weighted by atomic mass is 9.88. The third-order valence-electron chi connectivity index (χ3n) is 5.18. The van der Waals surface area contributed by atoms with E-state index in [1.54, 1.807) is 6.92 Å². The Hall–Kier alpha value is -2.50. The Morgan fingerprint density at radius 1 is 1.22 bits per heavy atom. The second-order valence-corrected chi connectivity index (χ2v) is 7.37. The zero-order valence-electron chi connectivity index (χ0n) is 16.2. The molecule has 1 heterocycles. The molecule has 0 bridgehead atoms. The molecule has 146 valence electrons. The summed E-state index contributed by atoms with van der Waals surface area (Å²) in [6.07, 6.45) is 4.00. The quantitative estimate of drug-likeness (QED) is 0.770. The molecule has 0 aromatic heterocycles. The summed E-state index contributed by atoms with van der Waals surface area (Å²) in [7, 11) is 0. The van der Waals surface area contributed by atoms with Crippen LogP contribution in [0.2, 0.25) is 0 Å². The van der Waals surface area contributed by atoms with Crippen LogP contribution in [0, 0.1) is 5.92 Å². The first-order valence-corrected chi connectivity index (χ1v) is 9.70. The standard InChI is InChI=1S/C21H28N2O4/c1-4-26-16-10-8-15(9-11-16)19-18(14(3)22-21(25)23-19)20(24)27-17-7-5-6-13(2)12-17/h8-11,13,17,19H,4-7,12H2,1-3H3,(H2,22,23,25)/t13-,17-,19-/m0/s1. The number of hydrogen-bond acceptors (Lipinski definition) is 4. The van der Waals surface area contributed by atoms with Crippen molar-refractivity contribution >= 4 is 12.0 Å². The molecule has 6 heteroatoms. The minimum Gasteiger partial charge on any atom is -0.494 e. The number of ether oxygens (including phenoxy) is 2. The Bertz CT molecular complexity index is 726. The Kier molecular flexibility index (Phi) is 6.04. The van der Waals surface area contributed by atoms with Gasteiger partial charge in [-0.15, -0.1) is 0 Å². The van der Waals surface area contributed by atoms with Gasteiger partial charge in [0.2, 0.25) is 0 Å². The molecule has 2 aliphatic rings. The Morgan fingerprint density at radius 2 is 1.96 bits per heavy atom. The zero-order chi connectivity index (χ0) is 19.4. The second kappa shape index (κ2) is 8.46. The average Bonchev–Trinajstić information content (AvgIpc) is 2.62. The van der Waals surface area contributed by atoms with Crippen LogP contribution < -0.4 is 15.4 Å². The van der Waals surface area contributed by atoms with E-state index in [1.807, 2.05) is 31.2 Å². The van der Waals surface area contributed by atoms with Crippen molar-refractivity contribution in [3.63, 3.8) is 0 Å². The van der Waals surface area contributed by atoms with E-state index in [2.05, 4.69) is 17.6 Å². The summed E-state index contributed by atoms with van der Waals surface area (Å²) in [5.41, 5.74) is 1.81. The number of nitrogens with one attached hydrogen (secondary N) is 2. The highest BCUT2D eigenvalue weighted by Gasteiger charge is 2.34. The van der Waals surface area contributed by atoms with E-state index in [0.717, 1.165) is 30.6 Å². The van der Waals surface area contributed by atoms with Gasteiger partial charge in [-0.3, -0.25) is 0 Å². The van der Waals surface area contributed by atoms with Gasteiger partial charge in [0.25, 0.3) is 0 Å². The van der Waals surface area contributed by atoms with Crippen LogP contribution in [-0.4, -0.2) is 24.7 Å². The van der Waals surface area contributed by atoms with E-state index >= 15 is 0 Å². The predicted octanol–water partition coefficient (Wildman–Crippen LogP) is 3.84. The van der Waals surface area contributed by atoms with Crippen LogP contribution in [0.3, 0.4) is 0 Å². The third-order valence-corrected chi connectivity index (χ3v) is 5.18. The second-order valence-electron chi connectivity index (χ2n) is 7.37. The molecule has 1 aromatic rings. The van der Waals surface area contributed by atoms with Crippen molar-refractivity contribution in [2.45, 2.75) is 58.6 Å². The highest BCUT2D eigenvalue weighted by atomic mass is 16.5. The van der Waals surface area contributed by atoms with E-state index < -0.39 is 6.04 Å². The number of urea groups is 1. The molecule has 0 radical (unpaired) electrons. The van der Waals surface area contributed by atoms with Crippen LogP contribution in [0.25, 0.3) is 0 Å². The Balaban J connectivity index is 1.81. The summed E-state index contributed by atoms with van der Waals surface area (Å²) in [6, 6.07) is 6.55. The fourth-order valence-electron chi connectivity index (χ4n) is 3.84. The zero-order valence-corrected chi connectivity index (χ0v) is 16.2. The minimum absolute atomic E-state index is 0.0554. The van der Waals surface area contributed by atoms with Crippen molar-refractivity contribution in [2.24, 2.45) is 5.92 Å². The summed E-state index contributed by atoms with van der Waals surface area (Å²) < 4.78 is 11.3. The first-order chi connectivity index (χ1) is 13.0. The number of rotatable bonds is 5. The van der Waals surface area contributed by atoms with Gasteiger partial charge in [0.15, 0.2) is 0 Å². The molecule has 2 amide bonds. The van der Waals surface area contributed by atoms with Crippen LogP contribution in [0.4, 0.5) is 4.79 Å². The fraction of sp³-hybridized carbons (Fsp3) is 0.524. The van der Waals surface area contributed by atoms with E-state index in [0.29, 0.717) is 23.8 Å². The van der Waals surface area contributed by atoms with Crippen molar-refractivity contribution in [1.29, 1.82) is 0 Å². The molecule has 1 aromatic carbocycles. The van der Waals surface area contributed by atoms with E-state index in [-0.39, 0.29) is 18.1 Å². The largest absolute Gasteiger partial charge is 0.494 e. The lowest BCUT2D eigenvalue weighted by Crippen LogP contribution is -2.45. The van der Waals surface area contributed by atoms with Crippen LogP contribution in [0.5, 0.6) is 5.75 Å². The van der Waals surface area contributed by atoms with E-state index in [1.165, 1.54) is 6.42 Å². The maximum atomic E-state index is 12.9. The molecule has 0 saturated heterocycles. The van der Waals surface area contributed by atoms with Crippen molar-refractivity contribution in [3.8, 4) is 5.75 Å². The van der Waals surface area contributed by atoms with Gasteiger partial charge in [-0.1, -0.05) is 25.5 Å². The smallest absolute Gasteiger partial charge is 0.338 e. The summed E-state index contributed by atoms with van der Waals surface area (Å²) in [5, 5.41) is 5.53. The number of allylic oxidation sites excluding steroid dienone is 1. The van der Waals surface area contributed by atoms with Gasteiger partial charge in [-0.25, -0.2) is 9.59 Å². The molecule has 0 spiro atoms. The topological polar surface area (TPSA) is 76.7 Å². The normalized spacial score (nSPS) is 25.4. The Morgan fingerprint density at radius 3 is 2.63 bits per heavy atom. The van der Waals surface area contributed by atoms with Gasteiger partial charge in [-0.2, -0.15) is 0 Å². The van der Waals surface area contributed by atoms with E-state index in [9.17, 15) is 9.59 Å². The minimum atomic E-state index is -0.539. The number of hydrogen-bond donors (Lipinski definition) is 2. The number of esters is 1. The maximum absolute atomic E-state index is 12.9.